The zero-order valence-electron chi connectivity index (χ0n) is 10.0. The van der Waals surface area contributed by atoms with Gasteiger partial charge in [0.15, 0.2) is 5.78 Å². The molecule has 0 radical (unpaired) electrons. The summed E-state index contributed by atoms with van der Waals surface area (Å²) in [4.78, 5) is 12.1. The summed E-state index contributed by atoms with van der Waals surface area (Å²) in [5.41, 5.74) is 3.23. The Labute approximate surface area is 97.1 Å². The Morgan fingerprint density at radius 3 is 2.88 bits per heavy atom. The Kier molecular flexibility index (Phi) is 3.39. The number of Topliss-reactive ketones (excluding diaryl/α,β-unsaturated/α-hetero) is 1. The molecule has 0 saturated carbocycles. The molecule has 1 aromatic rings. The van der Waals surface area contributed by atoms with Gasteiger partial charge < -0.3 is 5.32 Å². The third-order valence-corrected chi connectivity index (χ3v) is 3.32. The monoisotopic (exact) mass is 217 g/mol. The van der Waals surface area contributed by atoms with E-state index >= 15 is 0 Å². The maximum absolute atomic E-state index is 12.1. The maximum Gasteiger partial charge on any atom is 0.163 e. The lowest BCUT2D eigenvalue weighted by Crippen LogP contribution is -2.13. The Balaban J connectivity index is 2.08. The van der Waals surface area contributed by atoms with Crippen LogP contribution in [0.15, 0.2) is 18.2 Å². The van der Waals surface area contributed by atoms with Crippen LogP contribution in [-0.2, 0) is 0 Å². The summed E-state index contributed by atoms with van der Waals surface area (Å²) in [6.07, 6.45) is 1.83. The number of carbonyl (C=O) groups excluding carboxylic acids is 1. The van der Waals surface area contributed by atoms with Gasteiger partial charge in [-0.15, -0.1) is 0 Å². The highest BCUT2D eigenvalue weighted by Crippen LogP contribution is 2.18. The highest BCUT2D eigenvalue weighted by Gasteiger charge is 2.19. The Bertz CT molecular complexity index is 392. The average Bonchev–Trinajstić information content (AvgIpc) is 2.70. The summed E-state index contributed by atoms with van der Waals surface area (Å²) in [5.74, 6) is 0.833. The van der Waals surface area contributed by atoms with Crippen LogP contribution in [0.5, 0.6) is 0 Å². The molecule has 1 unspecified atom stereocenters. The lowest BCUT2D eigenvalue weighted by atomic mass is 9.94. The molecule has 86 valence electrons. The molecule has 16 heavy (non-hydrogen) atoms. The van der Waals surface area contributed by atoms with Crippen molar-refractivity contribution in [2.45, 2.75) is 26.7 Å². The number of carbonyl (C=O) groups is 1. The second kappa shape index (κ2) is 4.79. The molecular weight excluding hydrogens is 198 g/mol. The van der Waals surface area contributed by atoms with Crippen molar-refractivity contribution in [3.05, 3.63) is 34.9 Å². The van der Waals surface area contributed by atoms with Gasteiger partial charge in [-0.25, -0.2) is 0 Å². The number of ketones is 1. The number of aryl methyl sites for hydroxylation is 2. The molecule has 1 aliphatic rings. The first kappa shape index (κ1) is 11.3. The molecular formula is C14H19NO. The molecule has 0 aromatic heterocycles. The zero-order valence-corrected chi connectivity index (χ0v) is 10.0. The van der Waals surface area contributed by atoms with E-state index < -0.39 is 0 Å². The van der Waals surface area contributed by atoms with Gasteiger partial charge in [-0.3, -0.25) is 4.79 Å². The molecule has 0 amide bonds. The summed E-state index contributed by atoms with van der Waals surface area (Å²) in [7, 11) is 0. The molecule has 0 spiro atoms. The summed E-state index contributed by atoms with van der Waals surface area (Å²) < 4.78 is 0. The summed E-state index contributed by atoms with van der Waals surface area (Å²) in [5, 5.41) is 3.30. The predicted octanol–water partition coefficient (Wildman–Crippen LogP) is 2.49. The Hall–Kier alpha value is -1.15. The van der Waals surface area contributed by atoms with Gasteiger partial charge in [-0.05, 0) is 44.8 Å². The normalized spacial score (nSPS) is 20.0. The van der Waals surface area contributed by atoms with Gasteiger partial charge in [-0.1, -0.05) is 23.8 Å². The fraction of sp³-hybridized carbons (Fsp3) is 0.500. The van der Waals surface area contributed by atoms with Gasteiger partial charge in [0.05, 0.1) is 0 Å². The van der Waals surface area contributed by atoms with E-state index in [-0.39, 0.29) is 0 Å². The number of hydrogen-bond acceptors (Lipinski definition) is 2. The van der Waals surface area contributed by atoms with Gasteiger partial charge in [0.25, 0.3) is 0 Å². The van der Waals surface area contributed by atoms with Gasteiger partial charge in [0.1, 0.15) is 0 Å². The first-order valence-electron chi connectivity index (χ1n) is 5.98. The molecule has 0 aliphatic carbocycles. The maximum atomic E-state index is 12.1. The van der Waals surface area contributed by atoms with Crippen LogP contribution in [0.4, 0.5) is 0 Å². The minimum absolute atomic E-state index is 0.297. The van der Waals surface area contributed by atoms with Crippen LogP contribution < -0.4 is 5.32 Å². The van der Waals surface area contributed by atoms with Crippen molar-refractivity contribution in [1.29, 1.82) is 0 Å². The predicted molar refractivity (Wildman–Crippen MR) is 65.8 cm³/mol. The highest BCUT2D eigenvalue weighted by atomic mass is 16.1. The molecule has 1 atom stereocenters. The lowest BCUT2D eigenvalue weighted by molar-refractivity contribution is 0.0964. The zero-order chi connectivity index (χ0) is 11.5. The fourth-order valence-electron chi connectivity index (χ4n) is 2.39. The van der Waals surface area contributed by atoms with Crippen LogP contribution in [0.3, 0.4) is 0 Å². The van der Waals surface area contributed by atoms with Crippen molar-refractivity contribution in [2.24, 2.45) is 5.92 Å². The third kappa shape index (κ3) is 2.50. The SMILES string of the molecule is Cc1ccc(C(=O)CC2CCNC2)c(C)c1. The van der Waals surface area contributed by atoms with Gasteiger partial charge in [0, 0.05) is 12.0 Å². The minimum atomic E-state index is 0.297. The summed E-state index contributed by atoms with van der Waals surface area (Å²) in [6.45, 7) is 6.14. The van der Waals surface area contributed by atoms with E-state index in [2.05, 4.69) is 18.3 Å². The van der Waals surface area contributed by atoms with E-state index in [9.17, 15) is 4.79 Å². The number of hydrogen-bond donors (Lipinski definition) is 1. The molecule has 2 rings (SSSR count). The van der Waals surface area contributed by atoms with E-state index in [4.69, 9.17) is 0 Å². The first-order valence-corrected chi connectivity index (χ1v) is 5.98. The van der Waals surface area contributed by atoms with Crippen LogP contribution in [0.2, 0.25) is 0 Å². The van der Waals surface area contributed by atoms with Crippen molar-refractivity contribution < 1.29 is 4.79 Å². The molecule has 1 aliphatic heterocycles. The van der Waals surface area contributed by atoms with Crippen molar-refractivity contribution in [3.63, 3.8) is 0 Å². The Morgan fingerprint density at radius 2 is 2.25 bits per heavy atom. The van der Waals surface area contributed by atoms with Crippen molar-refractivity contribution >= 4 is 5.78 Å². The van der Waals surface area contributed by atoms with Crippen LogP contribution in [0.25, 0.3) is 0 Å². The average molecular weight is 217 g/mol. The molecule has 1 N–H and O–H groups in total. The molecule has 1 aromatic carbocycles. The van der Waals surface area contributed by atoms with Gasteiger partial charge in [0.2, 0.25) is 0 Å². The molecule has 1 fully saturated rings. The third-order valence-electron chi connectivity index (χ3n) is 3.32. The van der Waals surface area contributed by atoms with Gasteiger partial charge in [-0.2, -0.15) is 0 Å². The lowest BCUT2D eigenvalue weighted by Gasteiger charge is -2.09. The summed E-state index contributed by atoms with van der Waals surface area (Å²) >= 11 is 0. The van der Waals surface area contributed by atoms with E-state index in [1.807, 2.05) is 19.1 Å². The van der Waals surface area contributed by atoms with E-state index in [0.717, 1.165) is 30.6 Å². The molecule has 0 bridgehead atoms. The largest absolute Gasteiger partial charge is 0.316 e. The van der Waals surface area contributed by atoms with E-state index in [1.54, 1.807) is 0 Å². The minimum Gasteiger partial charge on any atom is -0.316 e. The van der Waals surface area contributed by atoms with Crippen LogP contribution in [0.1, 0.15) is 34.3 Å². The molecule has 2 nitrogen and oxygen atoms in total. The number of rotatable bonds is 3. The smallest absolute Gasteiger partial charge is 0.163 e. The van der Waals surface area contributed by atoms with Crippen LogP contribution in [-0.4, -0.2) is 18.9 Å². The highest BCUT2D eigenvalue weighted by molar-refractivity contribution is 5.97. The second-order valence-electron chi connectivity index (χ2n) is 4.80. The van der Waals surface area contributed by atoms with Crippen molar-refractivity contribution in [1.82, 2.24) is 5.32 Å². The van der Waals surface area contributed by atoms with Gasteiger partial charge >= 0.3 is 0 Å². The standard InChI is InChI=1S/C14H19NO/c1-10-3-4-13(11(2)7-10)14(16)8-12-5-6-15-9-12/h3-4,7,12,15H,5-6,8-9H2,1-2H3. The first-order chi connectivity index (χ1) is 7.66. The second-order valence-corrected chi connectivity index (χ2v) is 4.80. The number of benzene rings is 1. The van der Waals surface area contributed by atoms with Crippen LogP contribution >= 0.6 is 0 Å². The van der Waals surface area contributed by atoms with E-state index in [1.165, 1.54) is 5.56 Å². The molecule has 1 saturated heterocycles. The Morgan fingerprint density at radius 1 is 1.44 bits per heavy atom. The van der Waals surface area contributed by atoms with Crippen molar-refractivity contribution in [3.8, 4) is 0 Å². The summed E-state index contributed by atoms with van der Waals surface area (Å²) in [6, 6.07) is 6.07. The topological polar surface area (TPSA) is 29.1 Å². The molecule has 2 heteroatoms. The van der Waals surface area contributed by atoms with Crippen molar-refractivity contribution in [2.75, 3.05) is 13.1 Å². The fourth-order valence-corrected chi connectivity index (χ4v) is 2.39. The quantitative estimate of drug-likeness (QED) is 0.788. The van der Waals surface area contributed by atoms with Crippen LogP contribution in [0, 0.1) is 19.8 Å². The van der Waals surface area contributed by atoms with E-state index in [0.29, 0.717) is 18.1 Å². The number of nitrogens with one attached hydrogen (secondary N) is 1. The molecule has 1 heterocycles.